The predicted octanol–water partition coefficient (Wildman–Crippen LogP) is 3.84. The second-order valence-corrected chi connectivity index (χ2v) is 3.97. The maximum Gasteiger partial charge on any atom is 0.222 e. The van der Waals surface area contributed by atoms with E-state index in [-0.39, 0.29) is 0 Å². The van der Waals surface area contributed by atoms with E-state index in [0.717, 1.165) is 5.56 Å². The number of aryl methyl sites for hydroxylation is 1. The molecule has 0 radical (unpaired) electrons. The fourth-order valence-electron chi connectivity index (χ4n) is 1.38. The van der Waals surface area contributed by atoms with E-state index in [0.29, 0.717) is 22.5 Å². The van der Waals surface area contributed by atoms with Crippen LogP contribution in [0.15, 0.2) is 36.4 Å². The van der Waals surface area contributed by atoms with E-state index >= 15 is 0 Å². The first-order valence-electron chi connectivity index (χ1n) is 5.14. The zero-order chi connectivity index (χ0) is 12.3. The highest BCUT2D eigenvalue weighted by Gasteiger charge is 2.04. The van der Waals surface area contributed by atoms with Gasteiger partial charge in [-0.3, -0.25) is 0 Å². The van der Waals surface area contributed by atoms with Crippen LogP contribution in [-0.4, -0.2) is 12.1 Å². The van der Waals surface area contributed by atoms with Gasteiger partial charge in [-0.05, 0) is 37.3 Å². The highest BCUT2D eigenvalue weighted by atomic mass is 35.5. The van der Waals surface area contributed by atoms with Crippen molar-refractivity contribution in [1.29, 1.82) is 0 Å². The van der Waals surface area contributed by atoms with Gasteiger partial charge in [-0.25, -0.2) is 0 Å². The van der Waals surface area contributed by atoms with E-state index in [9.17, 15) is 0 Å². The number of pyridine rings is 1. The third kappa shape index (κ3) is 2.88. The fraction of sp³-hybridized carbons (Fsp3) is 0.154. The highest BCUT2D eigenvalue weighted by molar-refractivity contribution is 6.30. The number of halogens is 1. The SMILES string of the molecule is COc1nc(Oc2ccc(Cl)cc2)ccc1C. The Morgan fingerprint density at radius 1 is 1.06 bits per heavy atom. The first-order valence-corrected chi connectivity index (χ1v) is 5.52. The number of ether oxygens (including phenoxy) is 2. The minimum Gasteiger partial charge on any atom is -0.481 e. The molecule has 0 saturated heterocycles. The van der Waals surface area contributed by atoms with Crippen LogP contribution in [0.4, 0.5) is 0 Å². The van der Waals surface area contributed by atoms with Crippen molar-refractivity contribution in [3.63, 3.8) is 0 Å². The average molecular weight is 250 g/mol. The first-order chi connectivity index (χ1) is 8.19. The Morgan fingerprint density at radius 3 is 2.41 bits per heavy atom. The maximum atomic E-state index is 5.79. The zero-order valence-electron chi connectivity index (χ0n) is 9.61. The summed E-state index contributed by atoms with van der Waals surface area (Å²) in [6, 6.07) is 10.8. The average Bonchev–Trinajstić information content (AvgIpc) is 2.34. The van der Waals surface area contributed by atoms with E-state index < -0.39 is 0 Å². The van der Waals surface area contributed by atoms with E-state index in [1.807, 2.05) is 13.0 Å². The third-order valence-corrected chi connectivity index (χ3v) is 2.51. The lowest BCUT2D eigenvalue weighted by Crippen LogP contribution is -1.94. The Morgan fingerprint density at radius 2 is 1.76 bits per heavy atom. The number of hydrogen-bond acceptors (Lipinski definition) is 3. The summed E-state index contributed by atoms with van der Waals surface area (Å²) < 4.78 is 10.7. The lowest BCUT2D eigenvalue weighted by atomic mass is 10.3. The highest BCUT2D eigenvalue weighted by Crippen LogP contribution is 2.24. The Kier molecular flexibility index (Phi) is 3.49. The number of benzene rings is 1. The molecule has 0 bridgehead atoms. The van der Waals surface area contributed by atoms with Crippen LogP contribution in [0.25, 0.3) is 0 Å². The van der Waals surface area contributed by atoms with Gasteiger partial charge in [0.05, 0.1) is 7.11 Å². The molecule has 0 amide bonds. The van der Waals surface area contributed by atoms with Crippen molar-refractivity contribution in [2.24, 2.45) is 0 Å². The molecule has 88 valence electrons. The normalized spacial score (nSPS) is 10.1. The Bertz CT molecular complexity index is 511. The van der Waals surface area contributed by atoms with Crippen molar-refractivity contribution in [2.45, 2.75) is 6.92 Å². The fourth-order valence-corrected chi connectivity index (χ4v) is 1.51. The van der Waals surface area contributed by atoms with Crippen molar-refractivity contribution >= 4 is 11.6 Å². The van der Waals surface area contributed by atoms with Crippen LogP contribution in [0.5, 0.6) is 17.5 Å². The summed E-state index contributed by atoms with van der Waals surface area (Å²) in [6.07, 6.45) is 0. The molecule has 1 aromatic heterocycles. The van der Waals surface area contributed by atoms with Crippen LogP contribution < -0.4 is 9.47 Å². The summed E-state index contributed by atoms with van der Waals surface area (Å²) in [5.41, 5.74) is 0.968. The molecule has 3 nitrogen and oxygen atoms in total. The molecule has 0 aliphatic carbocycles. The third-order valence-electron chi connectivity index (χ3n) is 2.25. The van der Waals surface area contributed by atoms with Gasteiger partial charge in [-0.1, -0.05) is 11.6 Å². The van der Waals surface area contributed by atoms with Crippen LogP contribution in [0.1, 0.15) is 5.56 Å². The molecule has 2 rings (SSSR count). The number of rotatable bonds is 3. The minimum absolute atomic E-state index is 0.495. The molecular weight excluding hydrogens is 238 g/mol. The van der Waals surface area contributed by atoms with Crippen molar-refractivity contribution in [2.75, 3.05) is 7.11 Å². The molecule has 0 spiro atoms. The summed E-state index contributed by atoms with van der Waals surface area (Å²) in [7, 11) is 1.58. The number of hydrogen-bond donors (Lipinski definition) is 0. The number of nitrogens with zero attached hydrogens (tertiary/aromatic N) is 1. The quantitative estimate of drug-likeness (QED) is 0.828. The molecule has 17 heavy (non-hydrogen) atoms. The maximum absolute atomic E-state index is 5.79. The molecular formula is C13H12ClNO2. The van der Waals surface area contributed by atoms with Gasteiger partial charge in [0, 0.05) is 16.7 Å². The van der Waals surface area contributed by atoms with Gasteiger partial charge in [0.1, 0.15) is 5.75 Å². The summed E-state index contributed by atoms with van der Waals surface area (Å²) in [5, 5.41) is 0.673. The molecule has 0 fully saturated rings. The van der Waals surface area contributed by atoms with E-state index in [4.69, 9.17) is 21.1 Å². The molecule has 0 unspecified atom stereocenters. The molecule has 1 heterocycles. The van der Waals surface area contributed by atoms with Crippen LogP contribution in [0, 0.1) is 6.92 Å². The molecule has 0 aliphatic rings. The van der Waals surface area contributed by atoms with Crippen molar-refractivity contribution in [1.82, 2.24) is 4.98 Å². The van der Waals surface area contributed by atoms with Gasteiger partial charge in [-0.2, -0.15) is 4.98 Å². The van der Waals surface area contributed by atoms with Gasteiger partial charge in [0.2, 0.25) is 11.8 Å². The monoisotopic (exact) mass is 249 g/mol. The second kappa shape index (κ2) is 5.06. The summed E-state index contributed by atoms with van der Waals surface area (Å²) in [6.45, 7) is 1.93. The van der Waals surface area contributed by atoms with Crippen molar-refractivity contribution < 1.29 is 9.47 Å². The van der Waals surface area contributed by atoms with E-state index in [1.54, 1.807) is 37.4 Å². The lowest BCUT2D eigenvalue weighted by Gasteiger charge is -2.07. The molecule has 4 heteroatoms. The van der Waals surface area contributed by atoms with Gasteiger partial charge in [-0.15, -0.1) is 0 Å². The summed E-state index contributed by atoms with van der Waals surface area (Å²) >= 11 is 5.79. The number of aromatic nitrogens is 1. The Hall–Kier alpha value is -1.74. The Balaban J connectivity index is 2.21. The van der Waals surface area contributed by atoms with E-state index in [2.05, 4.69) is 4.98 Å². The molecule has 2 aromatic rings. The van der Waals surface area contributed by atoms with E-state index in [1.165, 1.54) is 0 Å². The molecule has 1 aromatic carbocycles. The molecule has 0 saturated carbocycles. The lowest BCUT2D eigenvalue weighted by molar-refractivity contribution is 0.380. The second-order valence-electron chi connectivity index (χ2n) is 3.53. The number of methoxy groups -OCH3 is 1. The van der Waals surface area contributed by atoms with Crippen LogP contribution >= 0.6 is 11.6 Å². The van der Waals surface area contributed by atoms with Gasteiger partial charge < -0.3 is 9.47 Å². The van der Waals surface area contributed by atoms with Crippen LogP contribution in [0.2, 0.25) is 5.02 Å². The van der Waals surface area contributed by atoms with Gasteiger partial charge in [0.15, 0.2) is 0 Å². The zero-order valence-corrected chi connectivity index (χ0v) is 10.4. The summed E-state index contributed by atoms with van der Waals surface area (Å²) in [5.74, 6) is 1.75. The van der Waals surface area contributed by atoms with Crippen molar-refractivity contribution in [3.8, 4) is 17.5 Å². The minimum atomic E-state index is 0.495. The largest absolute Gasteiger partial charge is 0.481 e. The van der Waals surface area contributed by atoms with Gasteiger partial charge >= 0.3 is 0 Å². The Labute approximate surface area is 105 Å². The molecule has 0 atom stereocenters. The predicted molar refractivity (Wildman–Crippen MR) is 67.1 cm³/mol. The van der Waals surface area contributed by atoms with Crippen LogP contribution in [0.3, 0.4) is 0 Å². The van der Waals surface area contributed by atoms with Crippen LogP contribution in [-0.2, 0) is 0 Å². The molecule has 0 N–H and O–H groups in total. The molecule has 0 aliphatic heterocycles. The first kappa shape index (κ1) is 11.7. The standard InChI is InChI=1S/C13H12ClNO2/c1-9-3-8-12(15-13(9)16-2)17-11-6-4-10(14)5-7-11/h3-8H,1-2H3. The smallest absolute Gasteiger partial charge is 0.222 e. The van der Waals surface area contributed by atoms with Gasteiger partial charge in [0.25, 0.3) is 0 Å². The van der Waals surface area contributed by atoms with Crippen molar-refractivity contribution in [3.05, 3.63) is 47.0 Å². The summed E-state index contributed by atoms with van der Waals surface area (Å²) in [4.78, 5) is 4.23. The topological polar surface area (TPSA) is 31.4 Å².